The lowest BCUT2D eigenvalue weighted by atomic mass is 9.79. The summed E-state index contributed by atoms with van der Waals surface area (Å²) >= 11 is 0. The first-order valence-electron chi connectivity index (χ1n) is 7.78. The van der Waals surface area contributed by atoms with E-state index in [1.54, 1.807) is 0 Å². The van der Waals surface area contributed by atoms with Crippen LogP contribution in [-0.2, 0) is 15.9 Å². The minimum absolute atomic E-state index is 0.288. The van der Waals surface area contributed by atoms with Gasteiger partial charge in [-0.3, -0.25) is 0 Å². The fourth-order valence-corrected chi connectivity index (χ4v) is 2.76. The van der Waals surface area contributed by atoms with E-state index in [0.29, 0.717) is 0 Å². The SMILES string of the molecule is CCCn1ccc2ccc(B3OC(C)(C)C(C)(C)O3)cc21. The lowest BCUT2D eigenvalue weighted by molar-refractivity contribution is 0.00578. The van der Waals surface area contributed by atoms with E-state index < -0.39 is 0 Å². The fourth-order valence-electron chi connectivity index (χ4n) is 2.76. The Morgan fingerprint density at radius 1 is 1.05 bits per heavy atom. The second kappa shape index (κ2) is 4.89. The van der Waals surface area contributed by atoms with Crippen molar-refractivity contribution < 1.29 is 9.31 Å². The van der Waals surface area contributed by atoms with Crippen LogP contribution in [-0.4, -0.2) is 22.9 Å². The predicted molar refractivity (Wildman–Crippen MR) is 87.9 cm³/mol. The molecule has 1 fully saturated rings. The average molecular weight is 285 g/mol. The van der Waals surface area contributed by atoms with Crippen LogP contribution in [0.25, 0.3) is 10.9 Å². The number of aryl methyl sites for hydroxylation is 1. The number of rotatable bonds is 3. The van der Waals surface area contributed by atoms with Crippen LogP contribution >= 0.6 is 0 Å². The van der Waals surface area contributed by atoms with Gasteiger partial charge in [-0.05, 0) is 57.1 Å². The van der Waals surface area contributed by atoms with E-state index in [-0.39, 0.29) is 18.3 Å². The molecule has 0 spiro atoms. The monoisotopic (exact) mass is 285 g/mol. The van der Waals surface area contributed by atoms with Crippen molar-refractivity contribution in [1.82, 2.24) is 4.57 Å². The molecule has 0 amide bonds. The predicted octanol–water partition coefficient (Wildman–Crippen LogP) is 3.35. The summed E-state index contributed by atoms with van der Waals surface area (Å²) in [4.78, 5) is 0. The highest BCUT2D eigenvalue weighted by Crippen LogP contribution is 2.36. The fraction of sp³-hybridized carbons (Fsp3) is 0.529. The van der Waals surface area contributed by atoms with Gasteiger partial charge in [-0.25, -0.2) is 0 Å². The van der Waals surface area contributed by atoms with Crippen molar-refractivity contribution in [2.45, 2.75) is 58.8 Å². The van der Waals surface area contributed by atoms with Gasteiger partial charge < -0.3 is 13.9 Å². The molecular formula is C17H24BNO2. The van der Waals surface area contributed by atoms with Crippen LogP contribution in [0, 0.1) is 0 Å². The van der Waals surface area contributed by atoms with Crippen molar-refractivity contribution in [3.05, 3.63) is 30.5 Å². The molecule has 3 nitrogen and oxygen atoms in total. The van der Waals surface area contributed by atoms with Crippen molar-refractivity contribution in [2.75, 3.05) is 0 Å². The highest BCUT2D eigenvalue weighted by molar-refractivity contribution is 6.62. The first kappa shape index (κ1) is 14.7. The summed E-state index contributed by atoms with van der Waals surface area (Å²) < 4.78 is 14.6. The molecule has 0 unspecified atom stereocenters. The molecule has 2 heterocycles. The molecule has 0 bridgehead atoms. The zero-order valence-corrected chi connectivity index (χ0v) is 13.6. The van der Waals surface area contributed by atoms with Crippen molar-refractivity contribution in [2.24, 2.45) is 0 Å². The summed E-state index contributed by atoms with van der Waals surface area (Å²) in [5, 5.41) is 1.27. The van der Waals surface area contributed by atoms with Crippen LogP contribution in [0.15, 0.2) is 30.5 Å². The molecule has 112 valence electrons. The highest BCUT2D eigenvalue weighted by atomic mass is 16.7. The van der Waals surface area contributed by atoms with Gasteiger partial charge in [-0.15, -0.1) is 0 Å². The maximum Gasteiger partial charge on any atom is 0.494 e. The molecule has 1 aromatic carbocycles. The zero-order valence-electron chi connectivity index (χ0n) is 13.6. The Labute approximate surface area is 127 Å². The van der Waals surface area contributed by atoms with Gasteiger partial charge in [0.05, 0.1) is 11.2 Å². The second-order valence-electron chi connectivity index (χ2n) is 6.92. The zero-order chi connectivity index (χ0) is 15.3. The van der Waals surface area contributed by atoms with E-state index in [0.717, 1.165) is 18.4 Å². The molecule has 1 aliphatic rings. The van der Waals surface area contributed by atoms with Crippen molar-refractivity contribution >= 4 is 23.5 Å². The Morgan fingerprint density at radius 2 is 1.71 bits per heavy atom. The van der Waals surface area contributed by atoms with Crippen LogP contribution in [0.5, 0.6) is 0 Å². The average Bonchev–Trinajstić information content (AvgIpc) is 2.89. The molecule has 1 aliphatic heterocycles. The first-order valence-corrected chi connectivity index (χ1v) is 7.78. The maximum absolute atomic E-state index is 6.14. The molecular weight excluding hydrogens is 261 g/mol. The molecule has 0 atom stereocenters. The Hall–Kier alpha value is -1.26. The molecule has 21 heavy (non-hydrogen) atoms. The Morgan fingerprint density at radius 3 is 2.33 bits per heavy atom. The van der Waals surface area contributed by atoms with Crippen LogP contribution in [0.2, 0.25) is 0 Å². The van der Waals surface area contributed by atoms with Gasteiger partial charge in [0.1, 0.15) is 0 Å². The van der Waals surface area contributed by atoms with Gasteiger partial charge in [-0.2, -0.15) is 0 Å². The van der Waals surface area contributed by atoms with Gasteiger partial charge in [0.15, 0.2) is 0 Å². The molecule has 0 saturated carbocycles. The van der Waals surface area contributed by atoms with Gasteiger partial charge in [0, 0.05) is 18.3 Å². The van der Waals surface area contributed by atoms with E-state index in [2.05, 4.69) is 69.6 Å². The summed E-state index contributed by atoms with van der Waals surface area (Å²) in [5.41, 5.74) is 1.76. The smallest absolute Gasteiger partial charge is 0.399 e. The van der Waals surface area contributed by atoms with Crippen molar-refractivity contribution in [3.63, 3.8) is 0 Å². The lowest BCUT2D eigenvalue weighted by Crippen LogP contribution is -2.41. The van der Waals surface area contributed by atoms with E-state index in [1.807, 2.05) is 0 Å². The number of nitrogens with zero attached hydrogens (tertiary/aromatic N) is 1. The number of fused-ring (bicyclic) bond motifs is 1. The normalized spacial score (nSPS) is 20.3. The number of benzene rings is 1. The molecule has 4 heteroatoms. The van der Waals surface area contributed by atoms with Crippen LogP contribution in [0.4, 0.5) is 0 Å². The number of aromatic nitrogens is 1. The quantitative estimate of drug-likeness (QED) is 0.807. The van der Waals surface area contributed by atoms with Gasteiger partial charge >= 0.3 is 7.12 Å². The van der Waals surface area contributed by atoms with Gasteiger partial charge in [-0.1, -0.05) is 19.1 Å². The minimum atomic E-state index is -0.294. The van der Waals surface area contributed by atoms with Crippen molar-refractivity contribution in [3.8, 4) is 0 Å². The standard InChI is InChI=1S/C17H24BNO2/c1-6-10-19-11-9-13-7-8-14(12-15(13)19)18-20-16(2,3)17(4,5)21-18/h7-9,11-12H,6,10H2,1-5H3. The van der Waals surface area contributed by atoms with Gasteiger partial charge in [0.2, 0.25) is 0 Å². The molecule has 1 saturated heterocycles. The lowest BCUT2D eigenvalue weighted by Gasteiger charge is -2.32. The van der Waals surface area contributed by atoms with E-state index in [9.17, 15) is 0 Å². The number of hydrogen-bond acceptors (Lipinski definition) is 2. The first-order chi connectivity index (χ1) is 9.84. The van der Waals surface area contributed by atoms with Crippen molar-refractivity contribution in [1.29, 1.82) is 0 Å². The molecule has 0 radical (unpaired) electrons. The Balaban J connectivity index is 1.97. The van der Waals surface area contributed by atoms with E-state index in [4.69, 9.17) is 9.31 Å². The molecule has 0 N–H and O–H groups in total. The van der Waals surface area contributed by atoms with Crippen LogP contribution in [0.1, 0.15) is 41.0 Å². The summed E-state index contributed by atoms with van der Waals surface area (Å²) in [7, 11) is -0.288. The molecule has 2 aromatic rings. The third-order valence-electron chi connectivity index (χ3n) is 4.79. The summed E-state index contributed by atoms with van der Waals surface area (Å²) in [5.74, 6) is 0. The second-order valence-corrected chi connectivity index (χ2v) is 6.92. The third-order valence-corrected chi connectivity index (χ3v) is 4.79. The van der Waals surface area contributed by atoms with Crippen LogP contribution in [0.3, 0.4) is 0 Å². The van der Waals surface area contributed by atoms with E-state index >= 15 is 0 Å². The van der Waals surface area contributed by atoms with Gasteiger partial charge in [0.25, 0.3) is 0 Å². The third kappa shape index (κ3) is 2.41. The summed E-state index contributed by atoms with van der Waals surface area (Å²) in [6, 6.07) is 8.63. The summed E-state index contributed by atoms with van der Waals surface area (Å²) in [6.07, 6.45) is 3.28. The Kier molecular flexibility index (Phi) is 3.42. The van der Waals surface area contributed by atoms with E-state index in [1.165, 1.54) is 10.9 Å². The highest BCUT2D eigenvalue weighted by Gasteiger charge is 2.51. The molecule has 0 aliphatic carbocycles. The largest absolute Gasteiger partial charge is 0.494 e. The summed E-state index contributed by atoms with van der Waals surface area (Å²) in [6.45, 7) is 11.6. The maximum atomic E-state index is 6.14. The Bertz CT molecular complexity index is 644. The van der Waals surface area contributed by atoms with Crippen LogP contribution < -0.4 is 5.46 Å². The molecule has 3 rings (SSSR count). The molecule has 1 aromatic heterocycles. The minimum Gasteiger partial charge on any atom is -0.399 e. The topological polar surface area (TPSA) is 23.4 Å². The number of hydrogen-bond donors (Lipinski definition) is 0.